The second-order valence-corrected chi connectivity index (χ2v) is 4.86. The molecule has 96 valence electrons. The average molecular weight is 238 g/mol. The van der Waals surface area contributed by atoms with Gasteiger partial charge in [0.1, 0.15) is 11.9 Å². The van der Waals surface area contributed by atoms with E-state index < -0.39 is 12.2 Å². The quantitative estimate of drug-likeness (QED) is 0.846. The first-order valence-electron chi connectivity index (χ1n) is 5.89. The monoisotopic (exact) mass is 238 g/mol. The fourth-order valence-corrected chi connectivity index (χ4v) is 1.90. The molecule has 1 aromatic carbocycles. The maximum absolute atomic E-state index is 10.1. The highest BCUT2D eigenvalue weighted by Crippen LogP contribution is 2.29. The Kier molecular flexibility index (Phi) is 4.54. The lowest BCUT2D eigenvalue weighted by Gasteiger charge is -2.23. The lowest BCUT2D eigenvalue weighted by molar-refractivity contribution is -0.00976. The number of methoxy groups -OCH3 is 1. The third-order valence-corrected chi connectivity index (χ3v) is 3.11. The average Bonchev–Trinajstić information content (AvgIpc) is 2.29. The molecule has 1 aromatic rings. The number of hydrogen-bond acceptors (Lipinski definition) is 3. The van der Waals surface area contributed by atoms with Gasteiger partial charge in [0.05, 0.1) is 13.2 Å². The normalized spacial score (nSPS) is 14.8. The summed E-state index contributed by atoms with van der Waals surface area (Å²) in [5.41, 5.74) is 2.66. The summed E-state index contributed by atoms with van der Waals surface area (Å²) in [5, 5.41) is 20.0. The zero-order valence-electron chi connectivity index (χ0n) is 11.2. The van der Waals surface area contributed by atoms with Crippen molar-refractivity contribution < 1.29 is 14.9 Å². The van der Waals surface area contributed by atoms with Crippen molar-refractivity contribution >= 4 is 0 Å². The molecule has 0 bridgehead atoms. The number of aryl methyl sites for hydroxylation is 2. The molecule has 0 saturated carbocycles. The largest absolute Gasteiger partial charge is 0.496 e. The predicted octanol–water partition coefficient (Wildman–Crippen LogP) is 2.36. The van der Waals surface area contributed by atoms with Crippen LogP contribution < -0.4 is 4.74 Å². The lowest BCUT2D eigenvalue weighted by atomic mass is 9.92. The first kappa shape index (κ1) is 14.0. The molecule has 0 spiro atoms. The van der Waals surface area contributed by atoms with E-state index in [2.05, 4.69) is 0 Å². The van der Waals surface area contributed by atoms with Crippen LogP contribution in [0.1, 0.15) is 36.6 Å². The molecule has 0 aliphatic heterocycles. The van der Waals surface area contributed by atoms with Crippen molar-refractivity contribution in [1.82, 2.24) is 0 Å². The first-order valence-corrected chi connectivity index (χ1v) is 5.89. The molecule has 17 heavy (non-hydrogen) atoms. The van der Waals surface area contributed by atoms with Crippen molar-refractivity contribution in [1.29, 1.82) is 0 Å². The van der Waals surface area contributed by atoms with Gasteiger partial charge in [-0.25, -0.2) is 0 Å². The second-order valence-electron chi connectivity index (χ2n) is 4.86. The van der Waals surface area contributed by atoms with Crippen LogP contribution >= 0.6 is 0 Å². The van der Waals surface area contributed by atoms with Crippen LogP contribution in [-0.4, -0.2) is 23.4 Å². The van der Waals surface area contributed by atoms with Crippen molar-refractivity contribution in [3.05, 3.63) is 28.8 Å². The Morgan fingerprint density at radius 3 is 2.12 bits per heavy atom. The number of rotatable bonds is 4. The predicted molar refractivity (Wildman–Crippen MR) is 68.3 cm³/mol. The summed E-state index contributed by atoms with van der Waals surface area (Å²) in [4.78, 5) is 0. The van der Waals surface area contributed by atoms with Gasteiger partial charge in [0, 0.05) is 0 Å². The highest BCUT2D eigenvalue weighted by atomic mass is 16.5. The second kappa shape index (κ2) is 5.52. The van der Waals surface area contributed by atoms with Gasteiger partial charge in [-0.15, -0.1) is 0 Å². The van der Waals surface area contributed by atoms with E-state index in [-0.39, 0.29) is 5.92 Å². The summed E-state index contributed by atoms with van der Waals surface area (Å²) in [6, 6.07) is 3.77. The SMILES string of the molecule is COc1cc(C)c(C(O)C(O)C(C)C)cc1C. The Labute approximate surface area is 103 Å². The van der Waals surface area contributed by atoms with Gasteiger partial charge in [0.15, 0.2) is 0 Å². The Hall–Kier alpha value is -1.06. The van der Waals surface area contributed by atoms with Gasteiger partial charge >= 0.3 is 0 Å². The van der Waals surface area contributed by atoms with Crippen LogP contribution in [0.15, 0.2) is 12.1 Å². The van der Waals surface area contributed by atoms with Gasteiger partial charge in [-0.05, 0) is 48.6 Å². The van der Waals surface area contributed by atoms with E-state index in [4.69, 9.17) is 4.74 Å². The molecule has 1 rings (SSSR count). The van der Waals surface area contributed by atoms with Crippen LogP contribution in [0.2, 0.25) is 0 Å². The van der Waals surface area contributed by atoms with Crippen molar-refractivity contribution in [3.8, 4) is 5.75 Å². The highest BCUT2D eigenvalue weighted by molar-refractivity contribution is 5.42. The Balaban J connectivity index is 3.10. The van der Waals surface area contributed by atoms with Gasteiger partial charge in [-0.3, -0.25) is 0 Å². The fourth-order valence-electron chi connectivity index (χ4n) is 1.90. The number of hydrogen-bond donors (Lipinski definition) is 2. The highest BCUT2D eigenvalue weighted by Gasteiger charge is 2.23. The maximum atomic E-state index is 10.1. The minimum absolute atomic E-state index is 0.0202. The molecule has 0 amide bonds. The van der Waals surface area contributed by atoms with Crippen LogP contribution in [0.3, 0.4) is 0 Å². The van der Waals surface area contributed by atoms with E-state index in [0.717, 1.165) is 22.4 Å². The Morgan fingerprint density at radius 2 is 1.65 bits per heavy atom. The van der Waals surface area contributed by atoms with Crippen LogP contribution in [0, 0.1) is 19.8 Å². The van der Waals surface area contributed by atoms with Crippen LogP contribution in [-0.2, 0) is 0 Å². The zero-order chi connectivity index (χ0) is 13.2. The molecule has 3 nitrogen and oxygen atoms in total. The molecule has 0 saturated heterocycles. The summed E-state index contributed by atoms with van der Waals surface area (Å²) in [7, 11) is 1.63. The van der Waals surface area contributed by atoms with Gasteiger partial charge in [-0.2, -0.15) is 0 Å². The molecule has 0 aromatic heterocycles. The minimum Gasteiger partial charge on any atom is -0.496 e. The molecule has 0 heterocycles. The summed E-state index contributed by atoms with van der Waals surface area (Å²) >= 11 is 0. The Morgan fingerprint density at radius 1 is 1.06 bits per heavy atom. The van der Waals surface area contributed by atoms with Gasteiger partial charge in [0.2, 0.25) is 0 Å². The van der Waals surface area contributed by atoms with Gasteiger partial charge in [-0.1, -0.05) is 13.8 Å². The molecule has 3 heteroatoms. The van der Waals surface area contributed by atoms with Crippen molar-refractivity contribution in [3.63, 3.8) is 0 Å². The molecule has 0 radical (unpaired) electrons. The molecule has 2 unspecified atom stereocenters. The number of benzene rings is 1. The third kappa shape index (κ3) is 2.99. The first-order chi connectivity index (χ1) is 7.88. The lowest BCUT2D eigenvalue weighted by Crippen LogP contribution is -2.24. The topological polar surface area (TPSA) is 49.7 Å². The van der Waals surface area contributed by atoms with E-state index in [1.54, 1.807) is 7.11 Å². The van der Waals surface area contributed by atoms with E-state index in [9.17, 15) is 10.2 Å². The number of aliphatic hydroxyl groups excluding tert-OH is 2. The molecule has 0 aliphatic carbocycles. The standard InChI is InChI=1S/C14H22O3/c1-8(2)13(15)14(16)11-6-10(4)12(17-5)7-9(11)3/h6-8,13-16H,1-5H3. The summed E-state index contributed by atoms with van der Waals surface area (Å²) in [6.45, 7) is 7.61. The number of aliphatic hydroxyl groups is 2. The molecule has 2 atom stereocenters. The smallest absolute Gasteiger partial charge is 0.122 e. The van der Waals surface area contributed by atoms with Crippen LogP contribution in [0.4, 0.5) is 0 Å². The molecular weight excluding hydrogens is 216 g/mol. The fraction of sp³-hybridized carbons (Fsp3) is 0.571. The third-order valence-electron chi connectivity index (χ3n) is 3.11. The van der Waals surface area contributed by atoms with Crippen molar-refractivity contribution in [2.24, 2.45) is 5.92 Å². The zero-order valence-corrected chi connectivity index (χ0v) is 11.2. The van der Waals surface area contributed by atoms with E-state index >= 15 is 0 Å². The molecule has 0 aliphatic rings. The van der Waals surface area contributed by atoms with E-state index in [1.807, 2.05) is 39.8 Å². The van der Waals surface area contributed by atoms with Crippen LogP contribution in [0.25, 0.3) is 0 Å². The molecule has 0 fully saturated rings. The van der Waals surface area contributed by atoms with E-state index in [0.29, 0.717) is 0 Å². The van der Waals surface area contributed by atoms with Crippen molar-refractivity contribution in [2.45, 2.75) is 39.9 Å². The Bertz CT molecular complexity index is 385. The maximum Gasteiger partial charge on any atom is 0.122 e. The number of ether oxygens (including phenoxy) is 1. The van der Waals surface area contributed by atoms with Gasteiger partial charge in [0.25, 0.3) is 0 Å². The summed E-state index contributed by atoms with van der Waals surface area (Å²) < 4.78 is 5.22. The van der Waals surface area contributed by atoms with Gasteiger partial charge < -0.3 is 14.9 Å². The minimum atomic E-state index is -0.848. The van der Waals surface area contributed by atoms with Crippen molar-refractivity contribution in [2.75, 3.05) is 7.11 Å². The van der Waals surface area contributed by atoms with E-state index in [1.165, 1.54) is 0 Å². The summed E-state index contributed by atoms with van der Waals surface area (Å²) in [5.74, 6) is 0.823. The molecule has 2 N–H and O–H groups in total. The molecular formula is C14H22O3. The summed E-state index contributed by atoms with van der Waals surface area (Å²) in [6.07, 6.45) is -1.60. The van der Waals surface area contributed by atoms with Crippen LogP contribution in [0.5, 0.6) is 5.75 Å².